The summed E-state index contributed by atoms with van der Waals surface area (Å²) in [5, 5.41) is 2.86. The lowest BCUT2D eigenvalue weighted by atomic mass is 9.90. The molecule has 0 bridgehead atoms. The summed E-state index contributed by atoms with van der Waals surface area (Å²) in [5.74, 6) is -0.787. The summed E-state index contributed by atoms with van der Waals surface area (Å²) in [6.07, 6.45) is 2.86. The number of H-pyrrole nitrogens is 1. The third-order valence-electron chi connectivity index (χ3n) is 14.5. The molecule has 2 unspecified atom stereocenters. The van der Waals surface area contributed by atoms with E-state index >= 15 is 0 Å². The van der Waals surface area contributed by atoms with Crippen LogP contribution in [0.5, 0.6) is 5.88 Å². The zero-order chi connectivity index (χ0) is 53.2. The van der Waals surface area contributed by atoms with Crippen LogP contribution >= 0.6 is 46.4 Å². The number of hydrogen-bond acceptors (Lipinski definition) is 13. The van der Waals surface area contributed by atoms with Gasteiger partial charge in [0.25, 0.3) is 17.4 Å². The number of sulfone groups is 2. The van der Waals surface area contributed by atoms with Crippen molar-refractivity contribution in [2.24, 2.45) is 11.8 Å². The molecule has 0 spiro atoms. The molecule has 8 heterocycles. The Morgan fingerprint density at radius 1 is 0.697 bits per heavy atom. The van der Waals surface area contributed by atoms with Crippen LogP contribution in [-0.4, -0.2) is 98.7 Å². The molecule has 0 aliphatic carbocycles. The molecule has 16 nitrogen and oxygen atoms in total. The van der Waals surface area contributed by atoms with Crippen LogP contribution in [0.1, 0.15) is 90.7 Å². The molecule has 4 aliphatic rings. The maximum Gasteiger partial charge on any atom is 0.256 e. The summed E-state index contributed by atoms with van der Waals surface area (Å²) in [7, 11) is -3.19. The number of aromatic amines is 1. The SMILES string of the molecule is C.COC(c1cc(Cl)c2c(c1Cl)C(=O)N(Cc1c(=O)[nH]c(C)c3ccoc13)CC2)C1CS(=O)(=O)C1.COC(c1cc(Cl)c2c(c1Cl)C(=O)N(Cc1c(OCc3ccccc3)nc(C)c3ccoc13)CC2)C1CS(=O)(=O)C1. The maximum absolute atomic E-state index is 14.0. The number of methoxy groups -OCH3 is 2. The third-order valence-corrected chi connectivity index (χ3v) is 19.7. The molecule has 11 rings (SSSR count). The van der Waals surface area contributed by atoms with Crippen molar-refractivity contribution in [3.05, 3.63) is 159 Å². The zero-order valence-corrected chi connectivity index (χ0v) is 45.7. The van der Waals surface area contributed by atoms with Gasteiger partial charge >= 0.3 is 0 Å². The predicted molar refractivity (Wildman–Crippen MR) is 291 cm³/mol. The molecule has 3 aromatic carbocycles. The predicted octanol–water partition coefficient (Wildman–Crippen LogP) is 10.3. The van der Waals surface area contributed by atoms with Crippen LogP contribution in [0.4, 0.5) is 0 Å². The Hall–Kier alpha value is -5.44. The lowest BCUT2D eigenvalue weighted by molar-refractivity contribution is 0.0611. The molecular formula is C54H54Cl4N4O12S2. The first-order valence-corrected chi connectivity index (χ1v) is 29.1. The number of aromatic nitrogens is 2. The number of carbonyl (C=O) groups excluding carboxylic acids is 2. The number of nitrogens with zero attached hydrogens (tertiary/aromatic N) is 3. The van der Waals surface area contributed by atoms with Gasteiger partial charge in [-0.3, -0.25) is 14.4 Å². The number of rotatable bonds is 13. The van der Waals surface area contributed by atoms with Gasteiger partial charge in [-0.05, 0) is 67.6 Å². The summed E-state index contributed by atoms with van der Waals surface area (Å²) in [5.41, 5.74) is 7.09. The molecule has 2 atom stereocenters. The van der Waals surface area contributed by atoms with Crippen molar-refractivity contribution in [1.82, 2.24) is 19.8 Å². The molecule has 76 heavy (non-hydrogen) atoms. The summed E-state index contributed by atoms with van der Waals surface area (Å²) >= 11 is 26.8. The fraction of sp³-hybridized carbons (Fsp3) is 0.370. The second-order valence-electron chi connectivity index (χ2n) is 19.3. The largest absolute Gasteiger partial charge is 0.472 e. The Kier molecular flexibility index (Phi) is 15.8. The van der Waals surface area contributed by atoms with Crippen LogP contribution in [-0.2, 0) is 61.7 Å². The summed E-state index contributed by atoms with van der Waals surface area (Å²) in [6, 6.07) is 16.8. The number of carbonyl (C=O) groups is 2. The van der Waals surface area contributed by atoms with Gasteiger partial charge in [-0.1, -0.05) is 84.2 Å². The summed E-state index contributed by atoms with van der Waals surface area (Å²) in [6.45, 7) is 4.98. The van der Waals surface area contributed by atoms with Gasteiger partial charge in [0.05, 0.1) is 98.8 Å². The minimum Gasteiger partial charge on any atom is -0.472 e. The molecule has 0 saturated carbocycles. The van der Waals surface area contributed by atoms with Gasteiger partial charge in [-0.15, -0.1) is 0 Å². The smallest absolute Gasteiger partial charge is 0.256 e. The molecule has 2 amide bonds. The molecule has 2 fully saturated rings. The first-order chi connectivity index (χ1) is 35.8. The average Bonchev–Trinajstić information content (AvgIpc) is 4.09. The van der Waals surface area contributed by atoms with Crippen molar-refractivity contribution in [2.75, 3.05) is 50.3 Å². The second-order valence-corrected chi connectivity index (χ2v) is 25.2. The number of benzene rings is 3. The number of nitrogens with one attached hydrogen (secondary N) is 1. The molecule has 22 heteroatoms. The van der Waals surface area contributed by atoms with E-state index in [9.17, 15) is 31.2 Å². The van der Waals surface area contributed by atoms with Crippen molar-refractivity contribution in [2.45, 2.75) is 66.0 Å². The number of ether oxygens (including phenoxy) is 3. The fourth-order valence-corrected chi connectivity index (χ4v) is 15.1. The standard InChI is InChI=1S/C30H28Cl2N2O6S.C23H22Cl2N2O6S.CH4/c1-17-20-9-11-39-28(20)23(29(33-17)40-14-18-6-4-3-5-7-18)13-34-10-8-21-24(31)12-22(26(32)25(21)30(34)35)27(38-2)19-15-41(36,37)16-19;1-11-13-4-6-33-21(13)16(22(28)26-11)8-27-5-3-14-17(24)7-15(19(25)18(14)23(27)29)20(32-2)12-9-34(30,31)10-12;/h3-7,9,11-12,19,27H,8,10,13-16H2,1-2H3;4,6-7,12,20H,3,5,8-10H2,1-2H3,(H,26,28);1H4. The van der Waals surface area contributed by atoms with Crippen LogP contribution in [0.3, 0.4) is 0 Å². The van der Waals surface area contributed by atoms with Crippen molar-refractivity contribution >= 4 is 99.8 Å². The summed E-state index contributed by atoms with van der Waals surface area (Å²) in [4.78, 5) is 51.0. The van der Waals surface area contributed by atoms with E-state index in [2.05, 4.69) is 4.98 Å². The van der Waals surface area contributed by atoms with Crippen molar-refractivity contribution in [1.29, 1.82) is 0 Å². The van der Waals surface area contributed by atoms with E-state index in [1.54, 1.807) is 41.2 Å². The fourth-order valence-electron chi connectivity index (χ4n) is 10.7. The number of aryl methyl sites for hydroxylation is 2. The highest BCUT2D eigenvalue weighted by Crippen LogP contribution is 2.45. The monoisotopic (exact) mass is 1150 g/mol. The normalized spacial score (nSPS) is 17.7. The minimum absolute atomic E-state index is 0. The van der Waals surface area contributed by atoms with E-state index in [0.29, 0.717) is 104 Å². The van der Waals surface area contributed by atoms with Crippen LogP contribution in [0.15, 0.2) is 80.8 Å². The quantitative estimate of drug-likeness (QED) is 0.114. The van der Waals surface area contributed by atoms with Crippen LogP contribution in [0, 0.1) is 25.7 Å². The van der Waals surface area contributed by atoms with Gasteiger partial charge in [-0.2, -0.15) is 0 Å². The highest BCUT2D eigenvalue weighted by molar-refractivity contribution is 7.93. The Balaban J connectivity index is 0.000000186. The van der Waals surface area contributed by atoms with Gasteiger partial charge in [0, 0.05) is 76.8 Å². The van der Waals surface area contributed by atoms with Crippen LogP contribution < -0.4 is 10.3 Å². The number of halogens is 4. The van der Waals surface area contributed by atoms with Crippen LogP contribution in [0.2, 0.25) is 20.1 Å². The lowest BCUT2D eigenvalue weighted by Crippen LogP contribution is -2.41. The molecule has 4 aliphatic heterocycles. The van der Waals surface area contributed by atoms with Crippen LogP contribution in [0.25, 0.3) is 21.9 Å². The van der Waals surface area contributed by atoms with Gasteiger partial charge in [0.1, 0.15) is 17.8 Å². The van der Waals surface area contributed by atoms with E-state index < -0.39 is 31.9 Å². The number of furan rings is 2. The van der Waals surface area contributed by atoms with Crippen molar-refractivity contribution < 1.29 is 49.5 Å². The molecule has 2 saturated heterocycles. The first kappa shape index (κ1) is 55.3. The highest BCUT2D eigenvalue weighted by atomic mass is 35.5. The number of fused-ring (bicyclic) bond motifs is 4. The van der Waals surface area contributed by atoms with Crippen molar-refractivity contribution in [3.63, 3.8) is 0 Å². The molecule has 0 radical (unpaired) electrons. The van der Waals surface area contributed by atoms with Crippen molar-refractivity contribution in [3.8, 4) is 5.88 Å². The minimum atomic E-state index is -3.09. The zero-order valence-electron chi connectivity index (χ0n) is 41.0. The van der Waals surface area contributed by atoms with Gasteiger partial charge in [0.15, 0.2) is 19.7 Å². The van der Waals surface area contributed by atoms with E-state index in [0.717, 1.165) is 22.0 Å². The average molecular weight is 1160 g/mol. The van der Waals surface area contributed by atoms with E-state index in [1.807, 2.05) is 43.3 Å². The maximum atomic E-state index is 14.0. The number of hydrogen-bond donors (Lipinski definition) is 1. The first-order valence-electron chi connectivity index (χ1n) is 24.0. The molecule has 7 aromatic rings. The number of amides is 2. The molecular weight excluding hydrogens is 1100 g/mol. The summed E-state index contributed by atoms with van der Waals surface area (Å²) < 4.78 is 76.0. The Labute approximate surface area is 459 Å². The Morgan fingerprint density at radius 3 is 1.66 bits per heavy atom. The Bertz CT molecular complexity index is 3710. The van der Waals surface area contributed by atoms with E-state index in [-0.39, 0.29) is 88.3 Å². The molecule has 4 aromatic heterocycles. The topological polar surface area (TPSA) is 209 Å². The number of pyridine rings is 2. The highest BCUT2D eigenvalue weighted by Gasteiger charge is 2.44. The van der Waals surface area contributed by atoms with Gasteiger partial charge in [-0.25, -0.2) is 21.8 Å². The molecule has 402 valence electrons. The van der Waals surface area contributed by atoms with E-state index in [1.165, 1.54) is 20.5 Å². The van der Waals surface area contributed by atoms with E-state index in [4.69, 9.17) is 74.4 Å². The van der Waals surface area contributed by atoms with Gasteiger partial charge in [0.2, 0.25) is 5.88 Å². The second kappa shape index (κ2) is 21.8. The van der Waals surface area contributed by atoms with Gasteiger partial charge < -0.3 is 37.8 Å². The Morgan fingerprint density at radius 2 is 1.17 bits per heavy atom. The lowest BCUT2D eigenvalue weighted by Gasteiger charge is -2.35. The third kappa shape index (κ3) is 10.4. The molecule has 1 N–H and O–H groups in total.